The summed E-state index contributed by atoms with van der Waals surface area (Å²) in [4.78, 5) is 1.22. The lowest BCUT2D eigenvalue weighted by molar-refractivity contribution is 0.606. The smallest absolute Gasteiger partial charge is 0.0438 e. The normalized spacial score (nSPS) is 12.4. The number of nitrogens with one attached hydrogen (secondary N) is 1. The molecule has 1 nitrogen and oxygen atoms in total. The van der Waals surface area contributed by atoms with Crippen molar-refractivity contribution in [3.63, 3.8) is 0 Å². The molecule has 0 bridgehead atoms. The van der Waals surface area contributed by atoms with E-state index in [1.54, 1.807) is 0 Å². The number of aryl methyl sites for hydroxylation is 1. The molecule has 1 N–H and O–H groups in total. The van der Waals surface area contributed by atoms with Crippen molar-refractivity contribution in [1.29, 1.82) is 0 Å². The Balaban J connectivity index is 2.07. The molecule has 0 amide bonds. The second kappa shape index (κ2) is 8.09. The Morgan fingerprint density at radius 2 is 1.81 bits per heavy atom. The van der Waals surface area contributed by atoms with Gasteiger partial charge < -0.3 is 5.32 Å². The van der Waals surface area contributed by atoms with Gasteiger partial charge in [0.15, 0.2) is 0 Å². The molecule has 0 spiro atoms. The van der Waals surface area contributed by atoms with E-state index in [1.807, 2.05) is 30.8 Å². The highest BCUT2D eigenvalue weighted by molar-refractivity contribution is 7.99. The molecule has 21 heavy (non-hydrogen) atoms. The molecule has 0 radical (unpaired) electrons. The molecule has 0 aliphatic heterocycles. The Morgan fingerprint density at radius 1 is 1.10 bits per heavy atom. The Labute approximate surface area is 141 Å². The van der Waals surface area contributed by atoms with Gasteiger partial charge in [0.05, 0.1) is 0 Å². The van der Waals surface area contributed by atoms with Gasteiger partial charge >= 0.3 is 0 Å². The summed E-state index contributed by atoms with van der Waals surface area (Å²) in [5, 5.41) is 5.12. The Hall–Kier alpha value is -0.670. The van der Waals surface area contributed by atoms with Gasteiger partial charge in [0.1, 0.15) is 0 Å². The minimum absolute atomic E-state index is 0.286. The molecule has 1 atom stereocenters. The lowest BCUT2D eigenvalue weighted by Crippen LogP contribution is -2.23. The van der Waals surface area contributed by atoms with E-state index in [9.17, 15) is 0 Å². The number of hydrogen-bond donors (Lipinski definition) is 1. The van der Waals surface area contributed by atoms with Crippen molar-refractivity contribution in [1.82, 2.24) is 5.32 Å². The van der Waals surface area contributed by atoms with Crippen LogP contribution in [0.3, 0.4) is 0 Å². The van der Waals surface area contributed by atoms with E-state index in [1.165, 1.54) is 10.5 Å². The summed E-state index contributed by atoms with van der Waals surface area (Å²) in [5.41, 5.74) is 2.34. The molecule has 0 saturated heterocycles. The molecule has 0 aliphatic rings. The maximum atomic E-state index is 6.24. The van der Waals surface area contributed by atoms with E-state index in [-0.39, 0.29) is 6.04 Å². The van der Waals surface area contributed by atoms with E-state index >= 15 is 0 Å². The third kappa shape index (κ3) is 4.93. The van der Waals surface area contributed by atoms with E-state index < -0.39 is 0 Å². The summed E-state index contributed by atoms with van der Waals surface area (Å²) in [5.74, 6) is 0.953. The van der Waals surface area contributed by atoms with Gasteiger partial charge in [0, 0.05) is 26.7 Å². The molecular formula is C17H19Cl2NS. The number of hydrogen-bond acceptors (Lipinski definition) is 2. The quantitative estimate of drug-likeness (QED) is 0.673. The molecule has 1 unspecified atom stereocenters. The van der Waals surface area contributed by atoms with Crippen LogP contribution in [0.25, 0.3) is 0 Å². The van der Waals surface area contributed by atoms with Crippen molar-refractivity contribution in [2.45, 2.75) is 24.8 Å². The molecule has 112 valence electrons. The number of benzene rings is 2. The van der Waals surface area contributed by atoms with Crippen LogP contribution in [0.5, 0.6) is 0 Å². The zero-order chi connectivity index (χ0) is 15.2. The number of halogens is 2. The number of rotatable bonds is 6. The minimum Gasteiger partial charge on any atom is -0.309 e. The average Bonchev–Trinajstić information content (AvgIpc) is 2.48. The van der Waals surface area contributed by atoms with Crippen molar-refractivity contribution >= 4 is 35.0 Å². The fraction of sp³-hybridized carbons (Fsp3) is 0.294. The topological polar surface area (TPSA) is 12.0 Å². The standard InChI is InChI=1S/C17H19Cl2NS/c1-3-20-17(13-5-4-12(2)16(19)10-13)11-21-15-8-6-14(18)7-9-15/h4-10,17,20H,3,11H2,1-2H3. The van der Waals surface area contributed by atoms with Crippen molar-refractivity contribution < 1.29 is 0 Å². The van der Waals surface area contributed by atoms with Gasteiger partial charge in [-0.3, -0.25) is 0 Å². The van der Waals surface area contributed by atoms with Crippen LogP contribution in [0.15, 0.2) is 47.4 Å². The summed E-state index contributed by atoms with van der Waals surface area (Å²) in [6.07, 6.45) is 0. The fourth-order valence-corrected chi connectivity index (χ4v) is 3.37. The Bertz CT molecular complexity index is 584. The first-order valence-corrected chi connectivity index (χ1v) is 8.72. The molecule has 0 saturated carbocycles. The number of thioether (sulfide) groups is 1. The first kappa shape index (κ1) is 16.7. The predicted molar refractivity (Wildman–Crippen MR) is 94.8 cm³/mol. The third-order valence-electron chi connectivity index (χ3n) is 3.28. The van der Waals surface area contributed by atoms with Gasteiger partial charge in [-0.2, -0.15) is 0 Å². The lowest BCUT2D eigenvalue weighted by atomic mass is 10.1. The summed E-state index contributed by atoms with van der Waals surface area (Å²) in [6.45, 7) is 5.07. The SMILES string of the molecule is CCNC(CSc1ccc(Cl)cc1)c1ccc(C)c(Cl)c1. The van der Waals surface area contributed by atoms with Crippen molar-refractivity contribution in [3.05, 3.63) is 63.6 Å². The minimum atomic E-state index is 0.286. The van der Waals surface area contributed by atoms with Gasteiger partial charge in [0.2, 0.25) is 0 Å². The van der Waals surface area contributed by atoms with Gasteiger partial charge in [-0.05, 0) is 54.9 Å². The van der Waals surface area contributed by atoms with Crippen molar-refractivity contribution in [3.8, 4) is 0 Å². The molecule has 0 fully saturated rings. The second-order valence-corrected chi connectivity index (χ2v) is 6.82. The molecular weight excluding hydrogens is 321 g/mol. The molecule has 4 heteroatoms. The van der Waals surface area contributed by atoms with Gasteiger partial charge in [-0.25, -0.2) is 0 Å². The van der Waals surface area contributed by atoms with E-state index in [0.717, 1.165) is 27.9 Å². The summed E-state index contributed by atoms with van der Waals surface area (Å²) >= 11 is 14.0. The molecule has 2 aromatic rings. The molecule has 2 rings (SSSR count). The van der Waals surface area contributed by atoms with Gasteiger partial charge in [-0.15, -0.1) is 11.8 Å². The summed E-state index contributed by atoms with van der Waals surface area (Å²) < 4.78 is 0. The summed E-state index contributed by atoms with van der Waals surface area (Å²) in [6, 6.07) is 14.5. The van der Waals surface area contributed by atoms with Gasteiger partial charge in [0.25, 0.3) is 0 Å². The van der Waals surface area contributed by atoms with E-state index in [0.29, 0.717) is 0 Å². The average molecular weight is 340 g/mol. The largest absolute Gasteiger partial charge is 0.309 e. The van der Waals surface area contributed by atoms with Gasteiger partial charge in [-0.1, -0.05) is 42.3 Å². The first-order chi connectivity index (χ1) is 10.1. The monoisotopic (exact) mass is 339 g/mol. The highest BCUT2D eigenvalue weighted by Gasteiger charge is 2.12. The molecule has 2 aromatic carbocycles. The summed E-state index contributed by atoms with van der Waals surface area (Å²) in [7, 11) is 0. The fourth-order valence-electron chi connectivity index (χ4n) is 2.06. The van der Waals surface area contributed by atoms with Crippen LogP contribution in [0.2, 0.25) is 10.0 Å². The van der Waals surface area contributed by atoms with Crippen LogP contribution in [-0.2, 0) is 0 Å². The Morgan fingerprint density at radius 3 is 2.43 bits per heavy atom. The highest BCUT2D eigenvalue weighted by Crippen LogP contribution is 2.28. The second-order valence-electron chi connectivity index (χ2n) is 4.88. The van der Waals surface area contributed by atoms with Crippen LogP contribution in [-0.4, -0.2) is 12.3 Å². The zero-order valence-electron chi connectivity index (χ0n) is 12.2. The molecule has 0 aromatic heterocycles. The zero-order valence-corrected chi connectivity index (χ0v) is 14.5. The van der Waals surface area contributed by atoms with Crippen LogP contribution in [0.1, 0.15) is 24.1 Å². The molecule has 0 aliphatic carbocycles. The van der Waals surface area contributed by atoms with Crippen LogP contribution in [0.4, 0.5) is 0 Å². The highest BCUT2D eigenvalue weighted by atomic mass is 35.5. The van der Waals surface area contributed by atoms with Crippen molar-refractivity contribution in [2.24, 2.45) is 0 Å². The lowest BCUT2D eigenvalue weighted by Gasteiger charge is -2.19. The first-order valence-electron chi connectivity index (χ1n) is 6.98. The van der Waals surface area contributed by atoms with E-state index in [4.69, 9.17) is 23.2 Å². The van der Waals surface area contributed by atoms with Crippen LogP contribution < -0.4 is 5.32 Å². The van der Waals surface area contributed by atoms with E-state index in [2.05, 4.69) is 42.6 Å². The maximum Gasteiger partial charge on any atom is 0.0438 e. The third-order valence-corrected chi connectivity index (χ3v) is 5.04. The Kier molecular flexibility index (Phi) is 6.43. The maximum absolute atomic E-state index is 6.24. The molecule has 0 heterocycles. The van der Waals surface area contributed by atoms with Crippen LogP contribution >= 0.6 is 35.0 Å². The van der Waals surface area contributed by atoms with Crippen LogP contribution in [0, 0.1) is 6.92 Å². The predicted octanol–water partition coefficient (Wildman–Crippen LogP) is 5.74. The van der Waals surface area contributed by atoms with Crippen molar-refractivity contribution in [2.75, 3.05) is 12.3 Å².